The van der Waals surface area contributed by atoms with Crippen LogP contribution >= 0.6 is 0 Å². The largest absolute Gasteiger partial charge is 0.461 e. The quantitative estimate of drug-likeness (QED) is 0.478. The SMILES string of the molecule is [C-]#[N+]C1C(C(=O)OC2C(C)CC(C)CC2C)C2N=C(c3ccc(C)cc3)NN2C1OC(=O)N1CCOCC1. The number of aliphatic imine (C=N–C) groups is 1. The van der Waals surface area contributed by atoms with Crippen molar-refractivity contribution in [3.8, 4) is 0 Å². The van der Waals surface area contributed by atoms with Gasteiger partial charge in [-0.15, -0.1) is 0 Å². The van der Waals surface area contributed by atoms with Crippen molar-refractivity contribution in [2.24, 2.45) is 28.7 Å². The Morgan fingerprint density at radius 1 is 1.08 bits per heavy atom. The Balaban J connectivity index is 1.42. The standard InChI is InChI=1S/C28H37N5O5/c1-16-6-8-20(9-7-16)24-30-25-21(27(34)37-23-18(3)14-17(2)15-19(23)4)22(29-5)26(33(25)31-24)38-28(35)32-10-12-36-13-11-32/h6-9,17-19,21-23,25-26H,10-15H2,1-4H3,(H,30,31). The zero-order chi connectivity index (χ0) is 27.0. The van der Waals surface area contributed by atoms with E-state index in [1.807, 2.05) is 31.2 Å². The topological polar surface area (TPSA) is 97.1 Å². The monoisotopic (exact) mass is 523 g/mol. The van der Waals surface area contributed by atoms with Crippen LogP contribution in [0.2, 0.25) is 0 Å². The summed E-state index contributed by atoms with van der Waals surface area (Å²) in [5.74, 6) is 0.244. The van der Waals surface area contributed by atoms with E-state index in [1.54, 1.807) is 9.91 Å². The molecule has 1 saturated carbocycles. The van der Waals surface area contributed by atoms with Gasteiger partial charge in [-0.05, 0) is 37.5 Å². The molecule has 0 radical (unpaired) electrons. The molecule has 6 unspecified atom stereocenters. The van der Waals surface area contributed by atoms with E-state index in [0.29, 0.717) is 38.1 Å². The molecule has 2 saturated heterocycles. The molecular formula is C28H37N5O5. The molecule has 1 amide bonds. The van der Waals surface area contributed by atoms with Crippen molar-refractivity contribution in [2.45, 2.75) is 65.1 Å². The van der Waals surface area contributed by atoms with Crippen molar-refractivity contribution in [3.05, 3.63) is 46.8 Å². The number of amidine groups is 1. The summed E-state index contributed by atoms with van der Waals surface area (Å²) in [5.41, 5.74) is 5.20. The van der Waals surface area contributed by atoms with Crippen molar-refractivity contribution < 1.29 is 23.8 Å². The van der Waals surface area contributed by atoms with E-state index in [-0.39, 0.29) is 17.9 Å². The van der Waals surface area contributed by atoms with Crippen LogP contribution in [-0.4, -0.2) is 78.6 Å². The highest BCUT2D eigenvalue weighted by Crippen LogP contribution is 2.40. The average molecular weight is 524 g/mol. The second-order valence-corrected chi connectivity index (χ2v) is 11.2. The lowest BCUT2D eigenvalue weighted by Crippen LogP contribution is -2.50. The highest BCUT2D eigenvalue weighted by Gasteiger charge is 2.63. The molecule has 3 aliphatic heterocycles. The number of rotatable bonds is 4. The minimum Gasteiger partial charge on any atom is -0.461 e. The van der Waals surface area contributed by atoms with Crippen LogP contribution in [0.1, 0.15) is 44.7 Å². The number of nitrogens with one attached hydrogen (secondary N) is 1. The van der Waals surface area contributed by atoms with Crippen molar-refractivity contribution in [3.63, 3.8) is 0 Å². The molecule has 10 nitrogen and oxygen atoms in total. The molecule has 0 bridgehead atoms. The van der Waals surface area contributed by atoms with Gasteiger partial charge in [0.25, 0.3) is 12.3 Å². The Hall–Kier alpha value is -3.16. The number of carbonyl (C=O) groups is 2. The maximum absolute atomic E-state index is 13.8. The number of nitrogens with zero attached hydrogens (tertiary/aromatic N) is 4. The number of amides is 1. The van der Waals surface area contributed by atoms with Crippen LogP contribution in [0.5, 0.6) is 0 Å². The fourth-order valence-corrected chi connectivity index (χ4v) is 6.34. The first-order valence-corrected chi connectivity index (χ1v) is 13.6. The smallest absolute Gasteiger partial charge is 0.411 e. The van der Waals surface area contributed by atoms with Gasteiger partial charge in [0.05, 0.1) is 13.2 Å². The first-order chi connectivity index (χ1) is 18.3. The van der Waals surface area contributed by atoms with Gasteiger partial charge in [0.15, 0.2) is 5.92 Å². The minimum absolute atomic E-state index is 0.219. The van der Waals surface area contributed by atoms with Crippen LogP contribution in [0.3, 0.4) is 0 Å². The number of ether oxygens (including phenoxy) is 3. The zero-order valence-corrected chi connectivity index (χ0v) is 22.5. The minimum atomic E-state index is -1.00. The van der Waals surface area contributed by atoms with Crippen molar-refractivity contribution in [1.82, 2.24) is 15.3 Å². The van der Waals surface area contributed by atoms with Gasteiger partial charge in [-0.25, -0.2) is 16.4 Å². The van der Waals surface area contributed by atoms with Gasteiger partial charge in [0, 0.05) is 18.7 Å². The molecule has 10 heteroatoms. The number of benzene rings is 1. The van der Waals surface area contributed by atoms with E-state index in [2.05, 4.69) is 31.0 Å². The van der Waals surface area contributed by atoms with Gasteiger partial charge in [0.2, 0.25) is 0 Å². The van der Waals surface area contributed by atoms with E-state index in [4.69, 9.17) is 25.8 Å². The van der Waals surface area contributed by atoms with Gasteiger partial charge in [-0.2, -0.15) is 5.01 Å². The van der Waals surface area contributed by atoms with Crippen molar-refractivity contribution in [2.75, 3.05) is 26.3 Å². The van der Waals surface area contributed by atoms with Crippen LogP contribution in [0.15, 0.2) is 29.3 Å². The summed E-state index contributed by atoms with van der Waals surface area (Å²) >= 11 is 0. The molecule has 1 aliphatic carbocycles. The molecule has 204 valence electrons. The average Bonchev–Trinajstić information content (AvgIpc) is 3.44. The van der Waals surface area contributed by atoms with Gasteiger partial charge in [-0.1, -0.05) is 50.6 Å². The molecule has 0 spiro atoms. The van der Waals surface area contributed by atoms with E-state index < -0.39 is 36.4 Å². The number of aryl methyl sites for hydroxylation is 1. The van der Waals surface area contributed by atoms with Gasteiger partial charge < -0.3 is 24.0 Å². The summed E-state index contributed by atoms with van der Waals surface area (Å²) < 4.78 is 17.4. The second-order valence-electron chi connectivity index (χ2n) is 11.2. The van der Waals surface area contributed by atoms with Gasteiger partial charge in [0.1, 0.15) is 18.1 Å². The molecule has 3 fully saturated rings. The Morgan fingerprint density at radius 3 is 2.37 bits per heavy atom. The Morgan fingerprint density at radius 2 is 1.74 bits per heavy atom. The third kappa shape index (κ3) is 5.09. The Kier molecular flexibility index (Phi) is 7.59. The fraction of sp³-hybridized carbons (Fsp3) is 0.643. The summed E-state index contributed by atoms with van der Waals surface area (Å²) in [6.07, 6.45) is -0.499. The molecule has 1 aromatic rings. The molecule has 5 rings (SSSR count). The summed E-state index contributed by atoms with van der Waals surface area (Å²) in [6, 6.07) is 6.91. The summed E-state index contributed by atoms with van der Waals surface area (Å²) in [6.45, 7) is 18.1. The number of morpholine rings is 1. The number of hydrogen-bond donors (Lipinski definition) is 1. The van der Waals surface area contributed by atoms with E-state index in [0.717, 1.165) is 24.0 Å². The predicted octanol–water partition coefficient (Wildman–Crippen LogP) is 3.21. The van der Waals surface area contributed by atoms with E-state index in [9.17, 15) is 9.59 Å². The Labute approximate surface area is 224 Å². The summed E-state index contributed by atoms with van der Waals surface area (Å²) in [4.78, 5) is 37.0. The molecule has 1 N–H and O–H groups in total. The van der Waals surface area contributed by atoms with E-state index in [1.165, 1.54) is 0 Å². The second kappa shape index (κ2) is 10.9. The maximum Gasteiger partial charge on any atom is 0.411 e. The maximum atomic E-state index is 13.8. The molecule has 4 aliphatic rings. The first kappa shape index (κ1) is 26.4. The Bertz CT molecular complexity index is 1100. The molecule has 0 aromatic heterocycles. The fourth-order valence-electron chi connectivity index (χ4n) is 6.34. The molecule has 6 atom stereocenters. The van der Waals surface area contributed by atoms with Gasteiger partial charge >= 0.3 is 12.1 Å². The number of esters is 1. The number of carbonyl (C=O) groups excluding carboxylic acids is 2. The normalized spacial score (nSPS) is 35.0. The first-order valence-electron chi connectivity index (χ1n) is 13.6. The lowest BCUT2D eigenvalue weighted by atomic mass is 9.75. The molecule has 1 aromatic carbocycles. The highest BCUT2D eigenvalue weighted by atomic mass is 16.6. The summed E-state index contributed by atoms with van der Waals surface area (Å²) in [5, 5.41) is 1.64. The van der Waals surface area contributed by atoms with Crippen LogP contribution < -0.4 is 5.43 Å². The molecule has 3 heterocycles. The van der Waals surface area contributed by atoms with Crippen LogP contribution in [0.25, 0.3) is 4.85 Å². The van der Waals surface area contributed by atoms with Crippen LogP contribution in [0.4, 0.5) is 4.79 Å². The number of fused-ring (bicyclic) bond motifs is 1. The third-order valence-electron chi connectivity index (χ3n) is 8.20. The lowest BCUT2D eigenvalue weighted by Gasteiger charge is -2.37. The number of hydrogen-bond acceptors (Lipinski definition) is 8. The van der Waals surface area contributed by atoms with Crippen LogP contribution in [0, 0.1) is 37.2 Å². The molecular weight excluding hydrogens is 486 g/mol. The highest BCUT2D eigenvalue weighted by molar-refractivity contribution is 6.00. The third-order valence-corrected chi connectivity index (χ3v) is 8.20. The molecule has 38 heavy (non-hydrogen) atoms. The lowest BCUT2D eigenvalue weighted by molar-refractivity contribution is -0.163. The zero-order valence-electron chi connectivity index (χ0n) is 22.5. The summed E-state index contributed by atoms with van der Waals surface area (Å²) in [7, 11) is 0. The van der Waals surface area contributed by atoms with Gasteiger partial charge in [-0.3, -0.25) is 10.2 Å². The predicted molar refractivity (Wildman–Crippen MR) is 140 cm³/mol. The van der Waals surface area contributed by atoms with E-state index >= 15 is 0 Å². The number of hydrazine groups is 1. The van der Waals surface area contributed by atoms with Crippen molar-refractivity contribution >= 4 is 17.9 Å². The van der Waals surface area contributed by atoms with Crippen molar-refractivity contribution in [1.29, 1.82) is 0 Å². The van der Waals surface area contributed by atoms with Crippen LogP contribution in [-0.2, 0) is 19.0 Å².